The maximum atomic E-state index is 12.3. The van der Waals surface area contributed by atoms with Crippen LogP contribution in [0.3, 0.4) is 0 Å². The van der Waals surface area contributed by atoms with Crippen molar-refractivity contribution in [1.82, 2.24) is 0 Å². The van der Waals surface area contributed by atoms with Crippen LogP contribution in [0.5, 0.6) is 5.75 Å². The molecule has 0 unspecified atom stereocenters. The standard InChI is InChI=1S/C19H22N2O4S/c1-19(2)13-25-17-9-8-15(12-16(17)20-18(19)22)21-26(23,24)11-10-14-6-4-3-5-7-14/h3-9,12,21H,10-11,13H2,1-2H3,(H,20,22). The van der Waals surface area contributed by atoms with E-state index in [1.54, 1.807) is 32.0 Å². The molecule has 0 aliphatic carbocycles. The zero-order valence-corrected chi connectivity index (χ0v) is 15.6. The van der Waals surface area contributed by atoms with Crippen molar-refractivity contribution in [2.75, 3.05) is 22.4 Å². The Morgan fingerprint density at radius 2 is 1.88 bits per heavy atom. The van der Waals surface area contributed by atoms with Gasteiger partial charge in [-0.3, -0.25) is 9.52 Å². The van der Waals surface area contributed by atoms with Crippen LogP contribution in [0.15, 0.2) is 48.5 Å². The van der Waals surface area contributed by atoms with Crippen LogP contribution in [0.2, 0.25) is 0 Å². The lowest BCUT2D eigenvalue weighted by molar-refractivity contribution is -0.124. The minimum absolute atomic E-state index is 0.0238. The molecule has 0 saturated carbocycles. The lowest BCUT2D eigenvalue weighted by Gasteiger charge is -2.18. The Morgan fingerprint density at radius 3 is 2.62 bits per heavy atom. The highest BCUT2D eigenvalue weighted by Crippen LogP contribution is 2.34. The number of ether oxygens (including phenoxy) is 1. The van der Waals surface area contributed by atoms with Crippen LogP contribution >= 0.6 is 0 Å². The molecule has 6 nitrogen and oxygen atoms in total. The van der Waals surface area contributed by atoms with Gasteiger partial charge in [0.2, 0.25) is 15.9 Å². The summed E-state index contributed by atoms with van der Waals surface area (Å²) in [5.41, 5.74) is 1.15. The summed E-state index contributed by atoms with van der Waals surface area (Å²) in [6.45, 7) is 3.84. The van der Waals surface area contributed by atoms with Crippen LogP contribution < -0.4 is 14.8 Å². The Balaban J connectivity index is 1.72. The Kier molecular flexibility index (Phi) is 4.91. The highest BCUT2D eigenvalue weighted by molar-refractivity contribution is 7.92. The maximum absolute atomic E-state index is 12.3. The predicted molar refractivity (Wildman–Crippen MR) is 102 cm³/mol. The Morgan fingerprint density at radius 1 is 1.15 bits per heavy atom. The third-order valence-electron chi connectivity index (χ3n) is 4.21. The molecule has 7 heteroatoms. The van der Waals surface area contributed by atoms with Gasteiger partial charge in [-0.2, -0.15) is 0 Å². The third-order valence-corrected chi connectivity index (χ3v) is 5.49. The van der Waals surface area contributed by atoms with E-state index in [1.807, 2.05) is 30.3 Å². The van der Waals surface area contributed by atoms with Crippen molar-refractivity contribution in [2.45, 2.75) is 20.3 Å². The van der Waals surface area contributed by atoms with Crippen LogP contribution in [0.4, 0.5) is 11.4 Å². The highest BCUT2D eigenvalue weighted by atomic mass is 32.2. The van der Waals surface area contributed by atoms with E-state index in [-0.39, 0.29) is 18.3 Å². The molecule has 138 valence electrons. The van der Waals surface area contributed by atoms with Gasteiger partial charge in [0.15, 0.2) is 0 Å². The Bertz CT molecular complexity index is 908. The summed E-state index contributed by atoms with van der Waals surface area (Å²) < 4.78 is 32.9. The van der Waals surface area contributed by atoms with Gasteiger partial charge in [0.05, 0.1) is 22.5 Å². The van der Waals surface area contributed by atoms with Gasteiger partial charge in [-0.1, -0.05) is 30.3 Å². The van der Waals surface area contributed by atoms with Crippen molar-refractivity contribution in [3.63, 3.8) is 0 Å². The van der Waals surface area contributed by atoms with Crippen molar-refractivity contribution < 1.29 is 17.9 Å². The maximum Gasteiger partial charge on any atom is 0.233 e. The minimum atomic E-state index is -3.51. The molecule has 1 aliphatic heterocycles. The quantitative estimate of drug-likeness (QED) is 0.842. The van der Waals surface area contributed by atoms with E-state index in [2.05, 4.69) is 10.0 Å². The fourth-order valence-electron chi connectivity index (χ4n) is 2.56. The average molecular weight is 374 g/mol. The monoisotopic (exact) mass is 374 g/mol. The van der Waals surface area contributed by atoms with Gasteiger partial charge >= 0.3 is 0 Å². The first kappa shape index (κ1) is 18.3. The van der Waals surface area contributed by atoms with Gasteiger partial charge in [-0.25, -0.2) is 8.42 Å². The molecule has 0 atom stereocenters. The predicted octanol–water partition coefficient (Wildman–Crippen LogP) is 3.03. The molecule has 3 rings (SSSR count). The summed E-state index contributed by atoms with van der Waals surface area (Å²) in [6, 6.07) is 14.3. The summed E-state index contributed by atoms with van der Waals surface area (Å²) in [4.78, 5) is 12.2. The molecular weight excluding hydrogens is 352 g/mol. The molecule has 0 saturated heterocycles. The van der Waals surface area contributed by atoms with E-state index in [9.17, 15) is 13.2 Å². The molecule has 2 N–H and O–H groups in total. The number of carbonyl (C=O) groups excluding carboxylic acids is 1. The molecule has 0 aromatic heterocycles. The third kappa shape index (κ3) is 4.35. The lowest BCUT2D eigenvalue weighted by Crippen LogP contribution is -2.33. The topological polar surface area (TPSA) is 84.5 Å². The van der Waals surface area contributed by atoms with Crippen molar-refractivity contribution in [3.8, 4) is 5.75 Å². The largest absolute Gasteiger partial charge is 0.490 e. The fraction of sp³-hybridized carbons (Fsp3) is 0.316. The SMILES string of the molecule is CC1(C)COc2ccc(NS(=O)(=O)CCc3ccccc3)cc2NC1=O. The molecule has 26 heavy (non-hydrogen) atoms. The van der Waals surface area contributed by atoms with Gasteiger partial charge in [-0.05, 0) is 44.0 Å². The minimum Gasteiger partial charge on any atom is -0.490 e. The van der Waals surface area contributed by atoms with Crippen LogP contribution in [0.25, 0.3) is 0 Å². The van der Waals surface area contributed by atoms with Gasteiger partial charge < -0.3 is 10.1 Å². The molecule has 0 bridgehead atoms. The number of hydrogen-bond acceptors (Lipinski definition) is 4. The number of rotatable bonds is 5. The summed E-state index contributed by atoms with van der Waals surface area (Å²) >= 11 is 0. The van der Waals surface area contributed by atoms with Gasteiger partial charge in [0, 0.05) is 0 Å². The number of benzene rings is 2. The molecule has 1 heterocycles. The van der Waals surface area contributed by atoms with Crippen molar-refractivity contribution in [1.29, 1.82) is 0 Å². The smallest absolute Gasteiger partial charge is 0.233 e. The van der Waals surface area contributed by atoms with Gasteiger partial charge in [0.25, 0.3) is 0 Å². The van der Waals surface area contributed by atoms with Crippen LogP contribution in [-0.4, -0.2) is 26.7 Å². The first-order valence-electron chi connectivity index (χ1n) is 8.38. The Labute approximate surface area is 153 Å². The van der Waals surface area contributed by atoms with Crippen molar-refractivity contribution in [3.05, 3.63) is 54.1 Å². The van der Waals surface area contributed by atoms with E-state index in [0.717, 1.165) is 5.56 Å². The second-order valence-corrected chi connectivity index (χ2v) is 8.84. The fourth-order valence-corrected chi connectivity index (χ4v) is 3.65. The second kappa shape index (κ2) is 6.99. The molecule has 2 aromatic carbocycles. The normalized spacial score (nSPS) is 16.0. The molecule has 0 fully saturated rings. The summed E-state index contributed by atoms with van der Waals surface area (Å²) in [5.74, 6) is 0.334. The van der Waals surface area contributed by atoms with Gasteiger partial charge in [-0.15, -0.1) is 0 Å². The zero-order valence-electron chi connectivity index (χ0n) is 14.8. The van der Waals surface area contributed by atoms with Crippen LogP contribution in [0, 0.1) is 5.41 Å². The molecular formula is C19H22N2O4S. The molecule has 2 aromatic rings. The number of aryl methyl sites for hydroxylation is 1. The lowest BCUT2D eigenvalue weighted by atomic mass is 9.94. The molecule has 0 spiro atoms. The second-order valence-electron chi connectivity index (χ2n) is 6.99. The van der Waals surface area contributed by atoms with Crippen molar-refractivity contribution in [2.24, 2.45) is 5.41 Å². The number of nitrogens with one attached hydrogen (secondary N) is 2. The number of carbonyl (C=O) groups is 1. The highest BCUT2D eigenvalue weighted by Gasteiger charge is 2.32. The average Bonchev–Trinajstić information content (AvgIpc) is 2.70. The van der Waals surface area contributed by atoms with Gasteiger partial charge in [0.1, 0.15) is 12.4 Å². The first-order valence-corrected chi connectivity index (χ1v) is 10.0. The van der Waals surface area contributed by atoms with E-state index in [0.29, 0.717) is 23.5 Å². The Hall–Kier alpha value is -2.54. The van der Waals surface area contributed by atoms with Crippen LogP contribution in [0.1, 0.15) is 19.4 Å². The summed E-state index contributed by atoms with van der Waals surface area (Å²) in [7, 11) is -3.51. The molecule has 1 aliphatic rings. The molecule has 0 radical (unpaired) electrons. The van der Waals surface area contributed by atoms with E-state index in [4.69, 9.17) is 4.74 Å². The van der Waals surface area contributed by atoms with E-state index < -0.39 is 15.4 Å². The molecule has 1 amide bonds. The number of hydrogen-bond donors (Lipinski definition) is 2. The van der Waals surface area contributed by atoms with Crippen molar-refractivity contribution >= 4 is 27.3 Å². The number of amides is 1. The number of fused-ring (bicyclic) bond motifs is 1. The van der Waals surface area contributed by atoms with E-state index >= 15 is 0 Å². The first-order chi connectivity index (χ1) is 12.3. The zero-order chi connectivity index (χ0) is 18.8. The van der Waals surface area contributed by atoms with Crippen LogP contribution in [-0.2, 0) is 21.2 Å². The number of sulfonamides is 1. The summed E-state index contributed by atoms with van der Waals surface area (Å²) in [6.07, 6.45) is 0.426. The van der Waals surface area contributed by atoms with E-state index in [1.165, 1.54) is 0 Å². The number of anilines is 2. The summed E-state index contributed by atoms with van der Waals surface area (Å²) in [5, 5.41) is 2.80.